The molecule has 3 rings (SSSR count). The molecule has 5 nitrogen and oxygen atoms in total. The van der Waals surface area contributed by atoms with E-state index in [9.17, 15) is 18.7 Å². The van der Waals surface area contributed by atoms with Gasteiger partial charge in [-0.3, -0.25) is 9.69 Å². The summed E-state index contributed by atoms with van der Waals surface area (Å²) in [6.07, 6.45) is -0.217. The molecule has 0 saturated carbocycles. The molecule has 2 aromatic carbocycles. The number of likely N-dealkylation sites (tertiary alicyclic amines) is 1. The lowest BCUT2D eigenvalue weighted by Gasteiger charge is -2.42. The fourth-order valence-electron chi connectivity index (χ4n) is 3.20. The Kier molecular flexibility index (Phi) is 5.96. The number of nitrogens with one attached hydrogen (secondary N) is 1. The Morgan fingerprint density at radius 3 is 2.79 bits per heavy atom. The number of nitrogens with zero attached hydrogens (tertiary/aromatic N) is 1. The first-order chi connectivity index (χ1) is 13.2. The topological polar surface area (TPSA) is 61.8 Å². The summed E-state index contributed by atoms with van der Waals surface area (Å²) < 4.78 is 32.6. The summed E-state index contributed by atoms with van der Waals surface area (Å²) in [6.45, 7) is 4.35. The van der Waals surface area contributed by atoms with Gasteiger partial charge >= 0.3 is 0 Å². The Labute approximate surface area is 162 Å². The highest BCUT2D eigenvalue weighted by Crippen LogP contribution is 2.27. The standard InChI is InChI=1S/C21H24F2N2O3/c1-14-6-7-16(23)11-18(14)24-20(26)13-25-9-8-21(2,27)19(12-25)28-17-5-3-4-15(22)10-17/h3-7,10-11,19,27H,8-9,12-13H2,1-2H3,(H,24,26)/t19-,21-/m0/s1. The predicted molar refractivity (Wildman–Crippen MR) is 102 cm³/mol. The maximum atomic E-state index is 13.4. The number of anilines is 1. The number of piperidine rings is 1. The van der Waals surface area contributed by atoms with Crippen LogP contribution in [0.3, 0.4) is 0 Å². The van der Waals surface area contributed by atoms with E-state index in [0.717, 1.165) is 5.56 Å². The zero-order valence-electron chi connectivity index (χ0n) is 15.9. The molecule has 0 aromatic heterocycles. The van der Waals surface area contributed by atoms with Crippen molar-refractivity contribution in [1.29, 1.82) is 0 Å². The van der Waals surface area contributed by atoms with E-state index < -0.39 is 23.3 Å². The first-order valence-electron chi connectivity index (χ1n) is 9.16. The van der Waals surface area contributed by atoms with Gasteiger partial charge in [0.2, 0.25) is 5.91 Å². The van der Waals surface area contributed by atoms with Crippen LogP contribution in [-0.2, 0) is 4.79 Å². The number of ether oxygens (including phenoxy) is 1. The fraction of sp³-hybridized carbons (Fsp3) is 0.381. The molecule has 28 heavy (non-hydrogen) atoms. The molecule has 0 spiro atoms. The second-order valence-corrected chi connectivity index (χ2v) is 7.41. The Bertz CT molecular complexity index is 857. The van der Waals surface area contributed by atoms with E-state index >= 15 is 0 Å². The highest BCUT2D eigenvalue weighted by Gasteiger charge is 2.39. The molecule has 1 aliphatic heterocycles. The van der Waals surface area contributed by atoms with Crippen LogP contribution in [0.4, 0.5) is 14.5 Å². The monoisotopic (exact) mass is 390 g/mol. The highest BCUT2D eigenvalue weighted by molar-refractivity contribution is 5.92. The zero-order valence-corrected chi connectivity index (χ0v) is 15.9. The van der Waals surface area contributed by atoms with Crippen molar-refractivity contribution in [3.05, 3.63) is 59.7 Å². The average Bonchev–Trinajstić information content (AvgIpc) is 2.61. The summed E-state index contributed by atoms with van der Waals surface area (Å²) in [5.74, 6) is -0.792. The molecule has 1 aliphatic rings. The molecule has 1 amide bonds. The van der Waals surface area contributed by atoms with E-state index in [-0.39, 0.29) is 12.5 Å². The third-order valence-corrected chi connectivity index (χ3v) is 4.97. The van der Waals surface area contributed by atoms with Gasteiger partial charge in [0, 0.05) is 24.8 Å². The van der Waals surface area contributed by atoms with Crippen molar-refractivity contribution < 1.29 is 23.4 Å². The van der Waals surface area contributed by atoms with Crippen LogP contribution in [0.5, 0.6) is 5.75 Å². The van der Waals surface area contributed by atoms with Gasteiger partial charge in [-0.2, -0.15) is 0 Å². The van der Waals surface area contributed by atoms with Crippen LogP contribution < -0.4 is 10.1 Å². The minimum absolute atomic E-state index is 0.0784. The summed E-state index contributed by atoms with van der Waals surface area (Å²) >= 11 is 0. The van der Waals surface area contributed by atoms with Crippen LogP contribution in [0.15, 0.2) is 42.5 Å². The first-order valence-corrected chi connectivity index (χ1v) is 9.16. The number of rotatable bonds is 5. The van der Waals surface area contributed by atoms with Gasteiger partial charge in [0.25, 0.3) is 0 Å². The first kappa shape index (κ1) is 20.2. The molecule has 2 atom stereocenters. The van der Waals surface area contributed by atoms with E-state index in [2.05, 4.69) is 5.32 Å². The highest BCUT2D eigenvalue weighted by atomic mass is 19.1. The molecule has 7 heteroatoms. The number of amides is 1. The maximum Gasteiger partial charge on any atom is 0.238 e. The van der Waals surface area contributed by atoms with Crippen molar-refractivity contribution in [3.63, 3.8) is 0 Å². The van der Waals surface area contributed by atoms with Crippen LogP contribution in [0.1, 0.15) is 18.9 Å². The third-order valence-electron chi connectivity index (χ3n) is 4.97. The van der Waals surface area contributed by atoms with E-state index in [1.165, 1.54) is 30.3 Å². The van der Waals surface area contributed by atoms with Gasteiger partial charge in [-0.25, -0.2) is 8.78 Å². The summed E-state index contributed by atoms with van der Waals surface area (Å²) in [4.78, 5) is 14.2. The number of carbonyl (C=O) groups is 1. The second kappa shape index (κ2) is 8.24. The maximum absolute atomic E-state index is 13.4. The normalized spacial score (nSPS) is 22.7. The van der Waals surface area contributed by atoms with Gasteiger partial charge < -0.3 is 15.2 Å². The molecule has 2 N–H and O–H groups in total. The second-order valence-electron chi connectivity index (χ2n) is 7.41. The zero-order chi connectivity index (χ0) is 20.3. The largest absolute Gasteiger partial charge is 0.486 e. The molecule has 1 heterocycles. The molecular weight excluding hydrogens is 366 g/mol. The van der Waals surface area contributed by atoms with Crippen molar-refractivity contribution in [1.82, 2.24) is 4.90 Å². The van der Waals surface area contributed by atoms with Crippen LogP contribution in [0.25, 0.3) is 0 Å². The molecule has 1 fully saturated rings. The van der Waals surface area contributed by atoms with Crippen LogP contribution in [-0.4, -0.2) is 47.3 Å². The number of halogens is 2. The minimum atomic E-state index is -1.10. The van der Waals surface area contributed by atoms with Crippen LogP contribution >= 0.6 is 0 Å². The molecule has 150 valence electrons. The van der Waals surface area contributed by atoms with E-state index in [0.29, 0.717) is 30.9 Å². The SMILES string of the molecule is Cc1ccc(F)cc1NC(=O)CN1CC[C@](C)(O)[C@@H](Oc2cccc(F)c2)C1. The molecular formula is C21H24F2N2O3. The summed E-state index contributed by atoms with van der Waals surface area (Å²) in [5, 5.41) is 13.3. The van der Waals surface area contributed by atoms with Crippen molar-refractivity contribution in [2.45, 2.75) is 32.0 Å². The van der Waals surface area contributed by atoms with Crippen molar-refractivity contribution in [2.24, 2.45) is 0 Å². The third kappa shape index (κ3) is 5.05. The quantitative estimate of drug-likeness (QED) is 0.824. The van der Waals surface area contributed by atoms with Gasteiger partial charge in [-0.1, -0.05) is 12.1 Å². The minimum Gasteiger partial charge on any atom is -0.486 e. The summed E-state index contributed by atoms with van der Waals surface area (Å²) in [5.41, 5.74) is 0.100. The number of hydrogen-bond donors (Lipinski definition) is 2. The molecule has 0 aliphatic carbocycles. The van der Waals surface area contributed by atoms with Gasteiger partial charge in [0.1, 0.15) is 29.1 Å². The van der Waals surface area contributed by atoms with Gasteiger partial charge in [0.05, 0.1) is 6.54 Å². The van der Waals surface area contributed by atoms with Crippen molar-refractivity contribution in [2.75, 3.05) is 25.0 Å². The summed E-state index contributed by atoms with van der Waals surface area (Å²) in [7, 11) is 0. The number of benzene rings is 2. The lowest BCUT2D eigenvalue weighted by molar-refractivity contribution is -0.122. The van der Waals surface area contributed by atoms with Crippen LogP contribution in [0.2, 0.25) is 0 Å². The van der Waals surface area contributed by atoms with E-state index in [1.54, 1.807) is 26.0 Å². The van der Waals surface area contributed by atoms with E-state index in [1.807, 2.05) is 4.90 Å². The number of aliphatic hydroxyl groups is 1. The number of aryl methyl sites for hydroxylation is 1. The van der Waals surface area contributed by atoms with E-state index in [4.69, 9.17) is 4.74 Å². The lowest BCUT2D eigenvalue weighted by Crippen LogP contribution is -2.57. The summed E-state index contributed by atoms with van der Waals surface area (Å²) in [6, 6.07) is 9.96. The Hall–Kier alpha value is -2.51. The van der Waals surface area contributed by atoms with Gasteiger partial charge in [0.15, 0.2) is 0 Å². The Balaban J connectivity index is 1.63. The fourth-order valence-corrected chi connectivity index (χ4v) is 3.20. The Morgan fingerprint density at radius 2 is 2.04 bits per heavy atom. The van der Waals surface area contributed by atoms with Gasteiger partial charge in [-0.15, -0.1) is 0 Å². The number of hydrogen-bond acceptors (Lipinski definition) is 4. The molecule has 0 radical (unpaired) electrons. The molecule has 0 bridgehead atoms. The number of carbonyl (C=O) groups excluding carboxylic acids is 1. The molecule has 1 saturated heterocycles. The van der Waals surface area contributed by atoms with Gasteiger partial charge in [-0.05, 0) is 50.1 Å². The molecule has 2 aromatic rings. The lowest BCUT2D eigenvalue weighted by atomic mass is 9.90. The Morgan fingerprint density at radius 1 is 1.29 bits per heavy atom. The van der Waals surface area contributed by atoms with Crippen molar-refractivity contribution in [3.8, 4) is 5.75 Å². The van der Waals surface area contributed by atoms with Crippen LogP contribution in [0, 0.1) is 18.6 Å². The predicted octanol–water partition coefficient (Wildman–Crippen LogP) is 3.12. The average molecular weight is 390 g/mol. The smallest absolute Gasteiger partial charge is 0.238 e. The van der Waals surface area contributed by atoms with Crippen molar-refractivity contribution >= 4 is 11.6 Å². The molecule has 0 unspecified atom stereocenters.